The van der Waals surface area contributed by atoms with E-state index in [0.29, 0.717) is 16.5 Å². The van der Waals surface area contributed by atoms with Gasteiger partial charge in [-0.25, -0.2) is 12.4 Å². The molecular weight excluding hydrogens is 384 g/mol. The Bertz CT molecular complexity index is 1220. The van der Waals surface area contributed by atoms with Gasteiger partial charge in [0.2, 0.25) is 0 Å². The fourth-order valence-electron chi connectivity index (χ4n) is 2.89. The van der Waals surface area contributed by atoms with Crippen molar-refractivity contribution in [2.45, 2.75) is 11.8 Å². The van der Waals surface area contributed by atoms with Crippen LogP contribution < -0.4 is 5.32 Å². The van der Waals surface area contributed by atoms with Crippen LogP contribution in [0.2, 0.25) is 0 Å². The molecule has 1 aromatic heterocycles. The van der Waals surface area contributed by atoms with Gasteiger partial charge in [-0.1, -0.05) is 29.8 Å². The van der Waals surface area contributed by atoms with Gasteiger partial charge < -0.3 is 0 Å². The largest absolute Gasteiger partial charge is 0.290 e. The molecule has 0 spiro atoms. The maximum atomic E-state index is 13.0. The molecule has 0 unspecified atom stereocenters. The predicted octanol–water partition coefficient (Wildman–Crippen LogP) is 3.51. The lowest BCUT2D eigenvalue weighted by Crippen LogP contribution is -2.17. The monoisotopic (exact) mass is 398 g/mol. The maximum Gasteiger partial charge on any atom is 0.290 e. The summed E-state index contributed by atoms with van der Waals surface area (Å²) in [5.41, 5.74) is 2.14. The highest BCUT2D eigenvalue weighted by molar-refractivity contribution is 8.18. The van der Waals surface area contributed by atoms with Crippen molar-refractivity contribution >= 4 is 49.9 Å². The summed E-state index contributed by atoms with van der Waals surface area (Å²) in [4.78, 5) is 23.6. The van der Waals surface area contributed by atoms with Crippen molar-refractivity contribution in [3.8, 4) is 0 Å². The highest BCUT2D eigenvalue weighted by Gasteiger charge is 2.25. The predicted molar refractivity (Wildman–Crippen MR) is 105 cm³/mol. The number of rotatable bonds is 3. The molecule has 2 aromatic carbocycles. The summed E-state index contributed by atoms with van der Waals surface area (Å²) in [6.07, 6.45) is 3.09. The van der Waals surface area contributed by atoms with E-state index in [1.165, 1.54) is 10.2 Å². The second-order valence-corrected chi connectivity index (χ2v) is 8.89. The molecule has 0 aliphatic carbocycles. The molecule has 0 atom stereocenters. The molecule has 3 aromatic rings. The van der Waals surface area contributed by atoms with E-state index in [2.05, 4.69) is 5.32 Å². The second kappa shape index (κ2) is 6.40. The average Bonchev–Trinajstić information content (AvgIpc) is 3.19. The zero-order valence-corrected chi connectivity index (χ0v) is 15.8. The van der Waals surface area contributed by atoms with Crippen LogP contribution in [0.5, 0.6) is 0 Å². The standard InChI is InChI=1S/C19H14N2O4S2/c1-12-5-7-14(8-6-12)27(24,25)21-10-9-15-13(3-2-4-16(15)21)11-17-18(22)20-19(23)26-17/h2-11H,1H3,(H,20,22,23). The summed E-state index contributed by atoms with van der Waals surface area (Å²) in [5, 5.41) is 2.46. The third-order valence-electron chi connectivity index (χ3n) is 4.24. The van der Waals surface area contributed by atoms with Gasteiger partial charge in [0.1, 0.15) is 0 Å². The summed E-state index contributed by atoms with van der Waals surface area (Å²) in [6.45, 7) is 1.89. The van der Waals surface area contributed by atoms with Gasteiger partial charge in [-0.3, -0.25) is 14.9 Å². The van der Waals surface area contributed by atoms with Crippen LogP contribution in [0.4, 0.5) is 4.79 Å². The molecule has 8 heteroatoms. The fourth-order valence-corrected chi connectivity index (χ4v) is 4.91. The first kappa shape index (κ1) is 17.6. The second-order valence-electron chi connectivity index (χ2n) is 6.06. The summed E-state index contributed by atoms with van der Waals surface area (Å²) >= 11 is 0.824. The summed E-state index contributed by atoms with van der Waals surface area (Å²) < 4.78 is 27.2. The highest BCUT2D eigenvalue weighted by Crippen LogP contribution is 2.30. The lowest BCUT2D eigenvalue weighted by molar-refractivity contribution is -0.115. The number of aromatic nitrogens is 1. The van der Waals surface area contributed by atoms with Crippen molar-refractivity contribution in [3.05, 3.63) is 70.8 Å². The maximum absolute atomic E-state index is 13.0. The molecule has 136 valence electrons. The quantitative estimate of drug-likeness (QED) is 0.683. The minimum absolute atomic E-state index is 0.200. The molecule has 2 amide bonds. The molecule has 1 aliphatic rings. The van der Waals surface area contributed by atoms with Crippen molar-refractivity contribution < 1.29 is 18.0 Å². The first-order chi connectivity index (χ1) is 12.9. The van der Waals surface area contributed by atoms with Crippen molar-refractivity contribution in [2.75, 3.05) is 0 Å². The molecule has 2 heterocycles. The lowest BCUT2D eigenvalue weighted by Gasteiger charge is -2.08. The fraction of sp³-hybridized carbons (Fsp3) is 0.0526. The van der Waals surface area contributed by atoms with Gasteiger partial charge >= 0.3 is 0 Å². The number of carbonyl (C=O) groups excluding carboxylic acids is 2. The van der Waals surface area contributed by atoms with Gasteiger partial charge in [-0.2, -0.15) is 0 Å². The van der Waals surface area contributed by atoms with E-state index in [1.807, 2.05) is 6.92 Å². The van der Waals surface area contributed by atoms with Crippen LogP contribution in [0.15, 0.2) is 64.5 Å². The number of fused-ring (bicyclic) bond motifs is 1. The molecule has 0 radical (unpaired) electrons. The molecule has 0 bridgehead atoms. The minimum Gasteiger partial charge on any atom is -0.282 e. The zero-order valence-electron chi connectivity index (χ0n) is 14.2. The van der Waals surface area contributed by atoms with Crippen molar-refractivity contribution in [2.24, 2.45) is 0 Å². The topological polar surface area (TPSA) is 85.2 Å². The highest BCUT2D eigenvalue weighted by atomic mass is 32.2. The minimum atomic E-state index is -3.75. The Labute approximate surface area is 159 Å². The van der Waals surface area contributed by atoms with Crippen molar-refractivity contribution in [3.63, 3.8) is 0 Å². The Morgan fingerprint density at radius 2 is 1.78 bits per heavy atom. The van der Waals surface area contributed by atoms with E-state index in [0.717, 1.165) is 17.3 Å². The number of hydrogen-bond acceptors (Lipinski definition) is 5. The average molecular weight is 398 g/mol. The van der Waals surface area contributed by atoms with Crippen LogP contribution in [-0.4, -0.2) is 23.5 Å². The Kier molecular flexibility index (Phi) is 4.16. The third-order valence-corrected chi connectivity index (χ3v) is 6.75. The van der Waals surface area contributed by atoms with Gasteiger partial charge in [0, 0.05) is 11.6 Å². The molecular formula is C19H14N2O4S2. The van der Waals surface area contributed by atoms with Crippen LogP contribution >= 0.6 is 11.8 Å². The van der Waals surface area contributed by atoms with Crippen LogP contribution in [0.1, 0.15) is 11.1 Å². The smallest absolute Gasteiger partial charge is 0.282 e. The molecule has 0 saturated carbocycles. The van der Waals surface area contributed by atoms with E-state index in [1.54, 1.807) is 54.6 Å². The molecule has 4 rings (SSSR count). The van der Waals surface area contributed by atoms with Crippen molar-refractivity contribution in [1.82, 2.24) is 9.29 Å². The SMILES string of the molecule is Cc1ccc(S(=O)(=O)n2ccc3c(C=C4SC(=O)NC4=O)cccc32)cc1. The lowest BCUT2D eigenvalue weighted by atomic mass is 10.1. The molecule has 1 saturated heterocycles. The number of carbonyl (C=O) groups is 2. The summed E-state index contributed by atoms with van der Waals surface area (Å²) in [6, 6.07) is 13.5. The molecule has 1 N–H and O–H groups in total. The van der Waals surface area contributed by atoms with E-state index in [4.69, 9.17) is 0 Å². The normalized spacial score (nSPS) is 16.3. The number of imide groups is 1. The van der Waals surface area contributed by atoms with Crippen LogP contribution in [0, 0.1) is 6.92 Å². The van der Waals surface area contributed by atoms with Crippen LogP contribution in [0.25, 0.3) is 17.0 Å². The molecule has 6 nitrogen and oxygen atoms in total. The van der Waals surface area contributed by atoms with Gasteiger partial charge in [0.05, 0.1) is 15.3 Å². The number of nitrogens with one attached hydrogen (secondary N) is 1. The van der Waals surface area contributed by atoms with Gasteiger partial charge in [0.15, 0.2) is 0 Å². The van der Waals surface area contributed by atoms with Crippen molar-refractivity contribution in [1.29, 1.82) is 0 Å². The van der Waals surface area contributed by atoms with Crippen LogP contribution in [-0.2, 0) is 14.8 Å². The van der Waals surface area contributed by atoms with E-state index >= 15 is 0 Å². The van der Waals surface area contributed by atoms with E-state index < -0.39 is 21.2 Å². The zero-order chi connectivity index (χ0) is 19.2. The molecule has 27 heavy (non-hydrogen) atoms. The number of aryl methyl sites for hydroxylation is 1. The number of hydrogen-bond donors (Lipinski definition) is 1. The Morgan fingerprint density at radius 1 is 1.04 bits per heavy atom. The Balaban J connectivity index is 1.84. The summed E-state index contributed by atoms with van der Waals surface area (Å²) in [5.74, 6) is -0.450. The third kappa shape index (κ3) is 3.07. The summed E-state index contributed by atoms with van der Waals surface area (Å²) in [7, 11) is -3.75. The van der Waals surface area contributed by atoms with Gasteiger partial charge in [0.25, 0.3) is 21.2 Å². The van der Waals surface area contributed by atoms with Crippen LogP contribution in [0.3, 0.4) is 0 Å². The number of benzene rings is 2. The number of amides is 2. The molecule has 1 aliphatic heterocycles. The Hall–Kier alpha value is -2.84. The Morgan fingerprint density at radius 3 is 2.44 bits per heavy atom. The van der Waals surface area contributed by atoms with Gasteiger partial charge in [-0.05, 0) is 54.6 Å². The van der Waals surface area contributed by atoms with E-state index in [-0.39, 0.29) is 9.80 Å². The van der Waals surface area contributed by atoms with Gasteiger partial charge in [-0.15, -0.1) is 0 Å². The number of nitrogens with zero attached hydrogens (tertiary/aromatic N) is 1. The first-order valence-corrected chi connectivity index (χ1v) is 10.3. The van der Waals surface area contributed by atoms with E-state index in [9.17, 15) is 18.0 Å². The number of thioether (sulfide) groups is 1. The molecule has 1 fully saturated rings. The first-order valence-electron chi connectivity index (χ1n) is 8.03.